The first-order chi connectivity index (χ1) is 16.3. The van der Waals surface area contributed by atoms with Gasteiger partial charge in [-0.2, -0.15) is 0 Å². The van der Waals surface area contributed by atoms with Gasteiger partial charge in [-0.3, -0.25) is 0 Å². The Morgan fingerprint density at radius 2 is 1.00 bits per heavy atom. The number of ether oxygens (including phenoxy) is 3. The number of hydrogen-bond acceptors (Lipinski definition) is 6. The maximum atomic E-state index is 10.6. The molecule has 0 radical (unpaired) electrons. The maximum absolute atomic E-state index is 10.6. The van der Waals surface area contributed by atoms with Crippen molar-refractivity contribution in [3.8, 4) is 17.2 Å². The van der Waals surface area contributed by atoms with Gasteiger partial charge in [-0.1, -0.05) is 42.5 Å². The molecule has 9 nitrogen and oxygen atoms in total. The summed E-state index contributed by atoms with van der Waals surface area (Å²) in [6, 6.07) is 21.5. The van der Waals surface area contributed by atoms with Crippen molar-refractivity contribution in [3.63, 3.8) is 0 Å². The Kier molecular flexibility index (Phi) is 12.4. The lowest BCUT2D eigenvalue weighted by Crippen LogP contribution is -2.02. The first kappa shape index (κ1) is 27.5. The number of hydrogen-bond donors (Lipinski definition) is 3. The predicted octanol–water partition coefficient (Wildman–Crippen LogP) is 5.31. The monoisotopic (exact) mass is 470 g/mol. The van der Waals surface area contributed by atoms with Crippen molar-refractivity contribution in [2.45, 2.75) is 13.8 Å². The molecule has 0 unspecified atom stereocenters. The fourth-order valence-corrected chi connectivity index (χ4v) is 2.44. The Balaban J connectivity index is 0.000000256. The van der Waals surface area contributed by atoms with Crippen LogP contribution in [0.15, 0.2) is 78.9 Å². The van der Waals surface area contributed by atoms with Crippen molar-refractivity contribution in [1.82, 2.24) is 0 Å². The highest BCUT2D eigenvalue weighted by Crippen LogP contribution is 2.18. The van der Waals surface area contributed by atoms with E-state index in [1.54, 1.807) is 66.7 Å². The van der Waals surface area contributed by atoms with Gasteiger partial charge in [-0.25, -0.2) is 14.4 Å². The number of carboxylic acids is 2. The van der Waals surface area contributed by atoms with E-state index in [0.717, 1.165) is 0 Å². The molecule has 0 atom stereocenters. The van der Waals surface area contributed by atoms with Crippen LogP contribution >= 0.6 is 0 Å². The quantitative estimate of drug-likeness (QED) is 0.309. The van der Waals surface area contributed by atoms with Crippen molar-refractivity contribution in [2.75, 3.05) is 13.2 Å². The second kappa shape index (κ2) is 15.3. The fourth-order valence-electron chi connectivity index (χ4n) is 2.44. The molecule has 0 fully saturated rings. The largest absolute Gasteiger partial charge is 0.511 e. The van der Waals surface area contributed by atoms with Crippen molar-refractivity contribution >= 4 is 18.1 Å². The van der Waals surface area contributed by atoms with E-state index in [9.17, 15) is 14.4 Å². The van der Waals surface area contributed by atoms with Crippen molar-refractivity contribution in [2.24, 2.45) is 0 Å². The highest BCUT2D eigenvalue weighted by Gasteiger charge is 2.09. The zero-order valence-electron chi connectivity index (χ0n) is 18.7. The van der Waals surface area contributed by atoms with Crippen LogP contribution in [0.25, 0.3) is 0 Å². The number of aromatic carboxylic acids is 2. The van der Waals surface area contributed by atoms with Gasteiger partial charge in [-0.05, 0) is 50.2 Å². The molecule has 0 saturated heterocycles. The van der Waals surface area contributed by atoms with Gasteiger partial charge in [0.15, 0.2) is 0 Å². The van der Waals surface area contributed by atoms with E-state index in [0.29, 0.717) is 30.5 Å². The lowest BCUT2D eigenvalue weighted by molar-refractivity contribution is 0.0681. The molecule has 9 heteroatoms. The smallest absolute Gasteiger partial charge is 0.493 e. The second-order valence-corrected chi connectivity index (χ2v) is 6.15. The first-order valence-electron chi connectivity index (χ1n) is 10.2. The van der Waals surface area contributed by atoms with Crippen LogP contribution in [0.4, 0.5) is 4.79 Å². The molecule has 34 heavy (non-hydrogen) atoms. The van der Waals surface area contributed by atoms with E-state index in [1.807, 2.05) is 13.8 Å². The molecule has 3 rings (SSSR count). The first-order valence-corrected chi connectivity index (χ1v) is 10.2. The molecule has 0 heterocycles. The number of rotatable bonds is 7. The predicted molar refractivity (Wildman–Crippen MR) is 124 cm³/mol. The molecule has 0 aliphatic carbocycles. The van der Waals surface area contributed by atoms with Gasteiger partial charge in [0.1, 0.15) is 28.4 Å². The highest BCUT2D eigenvalue weighted by atomic mass is 16.7. The Hall–Kier alpha value is -4.53. The van der Waals surface area contributed by atoms with Gasteiger partial charge in [0.25, 0.3) is 0 Å². The van der Waals surface area contributed by atoms with Crippen molar-refractivity contribution in [3.05, 3.63) is 90.0 Å². The zero-order valence-corrected chi connectivity index (χ0v) is 18.7. The topological polar surface area (TPSA) is 140 Å². The summed E-state index contributed by atoms with van der Waals surface area (Å²) in [4.78, 5) is 31.2. The normalized spacial score (nSPS) is 9.24. The zero-order chi connectivity index (χ0) is 25.3. The van der Waals surface area contributed by atoms with Gasteiger partial charge in [-0.15, -0.1) is 0 Å². The lowest BCUT2D eigenvalue weighted by Gasteiger charge is -2.05. The third kappa shape index (κ3) is 10.2. The van der Waals surface area contributed by atoms with Crippen LogP contribution in [0.2, 0.25) is 0 Å². The summed E-state index contributed by atoms with van der Waals surface area (Å²) >= 11 is 0. The number of para-hydroxylation sites is 3. The van der Waals surface area contributed by atoms with Crippen molar-refractivity contribution in [1.29, 1.82) is 0 Å². The van der Waals surface area contributed by atoms with Crippen LogP contribution in [0.5, 0.6) is 17.2 Å². The second-order valence-electron chi connectivity index (χ2n) is 6.15. The Bertz CT molecular complexity index is 990. The Labute approximate surface area is 196 Å². The standard InChI is InChI=1S/2C9H10O3.C7H6O3/c2*1-2-12-8-6-4-3-5-7(8)9(10)11;8-7(9)10-6-4-2-1-3-5-6/h2*3-6H,2H2,1H3,(H,10,11);1-5H,(H,8,9). The van der Waals surface area contributed by atoms with E-state index in [1.165, 1.54) is 12.1 Å². The van der Waals surface area contributed by atoms with Crippen LogP contribution < -0.4 is 14.2 Å². The summed E-state index contributed by atoms with van der Waals surface area (Å²) in [6.45, 7) is 4.59. The summed E-state index contributed by atoms with van der Waals surface area (Å²) in [5.74, 6) is -0.729. The van der Waals surface area contributed by atoms with Gasteiger partial charge in [0.2, 0.25) is 0 Å². The van der Waals surface area contributed by atoms with Crippen LogP contribution in [-0.2, 0) is 0 Å². The minimum absolute atomic E-state index is 0.208. The molecule has 0 saturated carbocycles. The van der Waals surface area contributed by atoms with Crippen LogP contribution in [0.1, 0.15) is 34.6 Å². The molecule has 3 N–H and O–H groups in total. The van der Waals surface area contributed by atoms with E-state index in [4.69, 9.17) is 24.8 Å². The molecule has 0 aromatic heterocycles. The molecule has 0 bridgehead atoms. The fraction of sp³-hybridized carbons (Fsp3) is 0.160. The molecule has 180 valence electrons. The summed E-state index contributed by atoms with van der Waals surface area (Å²) in [7, 11) is 0. The van der Waals surface area contributed by atoms with Crippen LogP contribution in [-0.4, -0.2) is 46.6 Å². The van der Waals surface area contributed by atoms with Gasteiger partial charge >= 0.3 is 18.1 Å². The molecule has 0 amide bonds. The molecule has 0 spiro atoms. The van der Waals surface area contributed by atoms with Crippen LogP contribution in [0, 0.1) is 0 Å². The Morgan fingerprint density at radius 1 is 0.618 bits per heavy atom. The molecular weight excluding hydrogens is 444 g/mol. The highest BCUT2D eigenvalue weighted by molar-refractivity contribution is 5.91. The minimum Gasteiger partial charge on any atom is -0.493 e. The number of benzene rings is 3. The van der Waals surface area contributed by atoms with Gasteiger partial charge in [0.05, 0.1) is 13.2 Å². The molecule has 3 aromatic rings. The summed E-state index contributed by atoms with van der Waals surface area (Å²) in [5, 5.41) is 25.6. The maximum Gasteiger partial charge on any atom is 0.511 e. The SMILES string of the molecule is CCOc1ccccc1C(=O)O.CCOc1ccccc1C(=O)O.O=C(O)Oc1ccccc1. The lowest BCUT2D eigenvalue weighted by atomic mass is 10.2. The summed E-state index contributed by atoms with van der Waals surface area (Å²) in [5.41, 5.74) is 0.415. The van der Waals surface area contributed by atoms with Gasteiger partial charge in [0, 0.05) is 0 Å². The average molecular weight is 470 g/mol. The summed E-state index contributed by atoms with van der Waals surface area (Å²) in [6.07, 6.45) is -1.29. The molecule has 0 aliphatic heterocycles. The van der Waals surface area contributed by atoms with Crippen LogP contribution in [0.3, 0.4) is 0 Å². The molecule has 3 aromatic carbocycles. The third-order valence-corrected chi connectivity index (χ3v) is 3.78. The summed E-state index contributed by atoms with van der Waals surface area (Å²) < 4.78 is 14.6. The van der Waals surface area contributed by atoms with Gasteiger partial charge < -0.3 is 29.5 Å². The number of carbonyl (C=O) groups is 3. The minimum atomic E-state index is -1.29. The molecule has 0 aliphatic rings. The number of carboxylic acid groups (broad SMARTS) is 3. The van der Waals surface area contributed by atoms with E-state index < -0.39 is 18.1 Å². The van der Waals surface area contributed by atoms with E-state index in [-0.39, 0.29) is 11.1 Å². The molecular formula is C25H26O9. The van der Waals surface area contributed by atoms with E-state index >= 15 is 0 Å². The van der Waals surface area contributed by atoms with Crippen molar-refractivity contribution < 1.29 is 43.9 Å². The Morgan fingerprint density at radius 3 is 1.35 bits per heavy atom. The van der Waals surface area contributed by atoms with E-state index in [2.05, 4.69) is 4.74 Å². The average Bonchev–Trinajstić information content (AvgIpc) is 2.81. The third-order valence-electron chi connectivity index (χ3n) is 3.78.